The maximum absolute atomic E-state index is 12.8. The van der Waals surface area contributed by atoms with E-state index in [1.807, 2.05) is 47.8 Å². The van der Waals surface area contributed by atoms with Crippen LogP contribution in [0.15, 0.2) is 47.8 Å². The van der Waals surface area contributed by atoms with E-state index in [1.54, 1.807) is 20.8 Å². The van der Waals surface area contributed by atoms with Crippen molar-refractivity contribution < 1.29 is 28.7 Å². The lowest BCUT2D eigenvalue weighted by Gasteiger charge is -2.21. The molecule has 2 aromatic carbocycles. The second kappa shape index (κ2) is 12.2. The van der Waals surface area contributed by atoms with Crippen molar-refractivity contribution in [2.24, 2.45) is 5.92 Å². The van der Waals surface area contributed by atoms with Crippen molar-refractivity contribution in [1.82, 2.24) is 5.32 Å². The third-order valence-corrected chi connectivity index (χ3v) is 7.30. The summed E-state index contributed by atoms with van der Waals surface area (Å²) in [5.74, 6) is -2.01. The van der Waals surface area contributed by atoms with Gasteiger partial charge >= 0.3 is 11.9 Å². The number of hydrogen-bond donors (Lipinski definition) is 2. The molecule has 1 saturated carbocycles. The van der Waals surface area contributed by atoms with Crippen molar-refractivity contribution >= 4 is 50.9 Å². The second-order valence-corrected chi connectivity index (χ2v) is 10.5. The van der Waals surface area contributed by atoms with Crippen LogP contribution in [0.2, 0.25) is 0 Å². The number of thiophene rings is 1. The van der Waals surface area contributed by atoms with E-state index < -0.39 is 30.5 Å². The minimum absolute atomic E-state index is 0.108. The Balaban J connectivity index is 1.35. The van der Waals surface area contributed by atoms with Crippen molar-refractivity contribution in [3.05, 3.63) is 64.5 Å². The molecule has 0 bridgehead atoms. The highest BCUT2D eigenvalue weighted by molar-refractivity contribution is 7.15. The number of benzene rings is 2. The fraction of sp³-hybridized carbons (Fsp3) is 0.379. The summed E-state index contributed by atoms with van der Waals surface area (Å²) in [6, 6.07) is 12.6. The van der Waals surface area contributed by atoms with Crippen LogP contribution in [0.1, 0.15) is 61.0 Å². The molecule has 1 atom stereocenters. The molecule has 0 radical (unpaired) electrons. The maximum Gasteiger partial charge on any atom is 0.341 e. The molecule has 1 aromatic heterocycles. The number of ether oxygens (including phenoxy) is 2. The van der Waals surface area contributed by atoms with Gasteiger partial charge in [0.05, 0.1) is 18.6 Å². The predicted octanol–water partition coefficient (Wildman–Crippen LogP) is 4.82. The van der Waals surface area contributed by atoms with E-state index in [0.717, 1.165) is 34.7 Å². The van der Waals surface area contributed by atoms with E-state index in [0.29, 0.717) is 16.5 Å². The van der Waals surface area contributed by atoms with Crippen LogP contribution in [0.5, 0.6) is 0 Å². The summed E-state index contributed by atoms with van der Waals surface area (Å²) in [6.45, 7) is 5.00. The van der Waals surface area contributed by atoms with Gasteiger partial charge in [-0.05, 0) is 58.9 Å². The Morgan fingerprint density at radius 3 is 2.45 bits per heavy atom. The maximum atomic E-state index is 12.8. The van der Waals surface area contributed by atoms with Crippen molar-refractivity contribution in [3.63, 3.8) is 0 Å². The van der Waals surface area contributed by atoms with Gasteiger partial charge in [-0.1, -0.05) is 56.3 Å². The van der Waals surface area contributed by atoms with Gasteiger partial charge in [0.1, 0.15) is 11.0 Å². The van der Waals surface area contributed by atoms with Gasteiger partial charge in [-0.3, -0.25) is 9.59 Å². The Kier molecular flexibility index (Phi) is 8.78. The molecule has 9 heteroatoms. The average molecular weight is 537 g/mol. The molecule has 200 valence electrons. The average Bonchev–Trinajstić information content (AvgIpc) is 3.66. The quantitative estimate of drug-likeness (QED) is 0.340. The minimum Gasteiger partial charge on any atom is -0.462 e. The molecular weight excluding hydrogens is 504 g/mol. The Bertz CT molecular complexity index is 1340. The number of fused-ring (bicyclic) bond motifs is 1. The number of carbonyl (C=O) groups excluding carboxylic acids is 4. The number of carbonyl (C=O) groups is 4. The molecule has 3 aromatic rings. The smallest absolute Gasteiger partial charge is 0.341 e. The van der Waals surface area contributed by atoms with E-state index in [9.17, 15) is 19.2 Å². The number of hydrogen-bond acceptors (Lipinski definition) is 7. The molecule has 2 N–H and O–H groups in total. The SMILES string of the molecule is CCOC(=O)c1c(C2CC2)csc1NC(=O)COC(=O)C(NC(=O)Cc1cccc2ccccc12)C(C)C. The lowest BCUT2D eigenvalue weighted by molar-refractivity contribution is -0.151. The highest BCUT2D eigenvalue weighted by Crippen LogP contribution is 2.46. The normalized spacial score (nSPS) is 13.7. The fourth-order valence-electron chi connectivity index (χ4n) is 4.30. The number of nitrogens with one attached hydrogen (secondary N) is 2. The van der Waals surface area contributed by atoms with Crippen LogP contribution in [0.25, 0.3) is 10.8 Å². The monoisotopic (exact) mass is 536 g/mol. The summed E-state index contributed by atoms with van der Waals surface area (Å²) in [5, 5.41) is 9.70. The van der Waals surface area contributed by atoms with Gasteiger partial charge in [-0.2, -0.15) is 0 Å². The topological polar surface area (TPSA) is 111 Å². The third kappa shape index (κ3) is 6.58. The summed E-state index contributed by atoms with van der Waals surface area (Å²) in [6.07, 6.45) is 2.10. The van der Waals surface area contributed by atoms with E-state index in [-0.39, 0.29) is 24.9 Å². The zero-order valence-corrected chi connectivity index (χ0v) is 22.6. The first-order valence-corrected chi connectivity index (χ1v) is 13.7. The summed E-state index contributed by atoms with van der Waals surface area (Å²) >= 11 is 1.25. The molecule has 1 heterocycles. The summed E-state index contributed by atoms with van der Waals surface area (Å²) in [4.78, 5) is 50.8. The van der Waals surface area contributed by atoms with Crippen molar-refractivity contribution in [1.29, 1.82) is 0 Å². The minimum atomic E-state index is -0.913. The molecule has 1 unspecified atom stereocenters. The molecule has 38 heavy (non-hydrogen) atoms. The molecule has 0 aliphatic heterocycles. The van der Waals surface area contributed by atoms with Crippen LogP contribution < -0.4 is 10.6 Å². The first-order valence-electron chi connectivity index (χ1n) is 12.8. The Hall–Kier alpha value is -3.72. The lowest BCUT2D eigenvalue weighted by atomic mass is 10.0. The molecule has 1 fully saturated rings. The molecule has 2 amide bonds. The van der Waals surface area contributed by atoms with E-state index >= 15 is 0 Å². The van der Waals surface area contributed by atoms with Gasteiger partial charge in [0, 0.05) is 0 Å². The summed E-state index contributed by atoms with van der Waals surface area (Å²) < 4.78 is 10.4. The van der Waals surface area contributed by atoms with Crippen molar-refractivity contribution in [3.8, 4) is 0 Å². The number of amides is 2. The van der Waals surface area contributed by atoms with Gasteiger partial charge in [-0.25, -0.2) is 9.59 Å². The van der Waals surface area contributed by atoms with Crippen LogP contribution in [0, 0.1) is 5.92 Å². The second-order valence-electron chi connectivity index (χ2n) is 9.65. The van der Waals surface area contributed by atoms with Crippen LogP contribution in [-0.4, -0.2) is 43.0 Å². The standard InChI is InChI=1S/C29H32N2O6S/c1-4-36-28(34)25-22(19-12-13-19)16-38-27(25)31-24(33)15-37-29(35)26(17(2)3)30-23(32)14-20-10-7-9-18-8-5-6-11-21(18)20/h5-11,16-17,19,26H,4,12-15H2,1-3H3,(H,30,32)(H,31,33). The zero-order valence-electron chi connectivity index (χ0n) is 21.7. The number of rotatable bonds is 11. The van der Waals surface area contributed by atoms with Gasteiger partial charge in [0.25, 0.3) is 5.91 Å². The van der Waals surface area contributed by atoms with Crippen molar-refractivity contribution in [2.75, 3.05) is 18.5 Å². The highest BCUT2D eigenvalue weighted by Gasteiger charge is 2.33. The molecule has 0 spiro atoms. The van der Waals surface area contributed by atoms with E-state index in [1.165, 1.54) is 11.3 Å². The first-order chi connectivity index (χ1) is 18.3. The van der Waals surface area contributed by atoms with E-state index in [4.69, 9.17) is 9.47 Å². The molecular formula is C29H32N2O6S. The molecule has 4 rings (SSSR count). The van der Waals surface area contributed by atoms with Gasteiger partial charge in [0.2, 0.25) is 5.91 Å². The fourth-order valence-corrected chi connectivity index (χ4v) is 5.35. The molecule has 1 aliphatic carbocycles. The number of esters is 2. The first kappa shape index (κ1) is 27.3. The van der Waals surface area contributed by atoms with Crippen LogP contribution in [0.3, 0.4) is 0 Å². The molecule has 1 aliphatic rings. The summed E-state index contributed by atoms with van der Waals surface area (Å²) in [7, 11) is 0. The van der Waals surface area contributed by atoms with E-state index in [2.05, 4.69) is 10.6 Å². The Morgan fingerprint density at radius 2 is 1.74 bits per heavy atom. The molecule has 8 nitrogen and oxygen atoms in total. The largest absolute Gasteiger partial charge is 0.462 e. The van der Waals surface area contributed by atoms with Crippen LogP contribution in [-0.2, 0) is 30.3 Å². The number of anilines is 1. The van der Waals surface area contributed by atoms with Crippen LogP contribution >= 0.6 is 11.3 Å². The highest BCUT2D eigenvalue weighted by atomic mass is 32.1. The van der Waals surface area contributed by atoms with Gasteiger partial charge in [-0.15, -0.1) is 11.3 Å². The lowest BCUT2D eigenvalue weighted by Crippen LogP contribution is -2.46. The zero-order chi connectivity index (χ0) is 27.2. The Labute approximate surface area is 225 Å². The summed E-state index contributed by atoms with van der Waals surface area (Å²) in [5.41, 5.74) is 2.11. The van der Waals surface area contributed by atoms with Crippen LogP contribution in [0.4, 0.5) is 5.00 Å². The molecule has 0 saturated heterocycles. The van der Waals surface area contributed by atoms with Gasteiger partial charge in [0.15, 0.2) is 6.61 Å². The van der Waals surface area contributed by atoms with Gasteiger partial charge < -0.3 is 20.1 Å². The Morgan fingerprint density at radius 1 is 1.00 bits per heavy atom. The van der Waals surface area contributed by atoms with Crippen molar-refractivity contribution in [2.45, 2.75) is 52.0 Å². The third-order valence-electron chi connectivity index (χ3n) is 6.38. The predicted molar refractivity (Wildman–Crippen MR) is 146 cm³/mol.